The molecule has 0 aliphatic rings. The molecule has 2 heterocycles. The third-order valence-electron chi connectivity index (χ3n) is 3.52. The largest absolute Gasteiger partial charge is 0.280 e. The number of halogens is 2. The quantitative estimate of drug-likeness (QED) is 0.351. The molecule has 4 rings (SSSR count). The predicted molar refractivity (Wildman–Crippen MR) is 92.5 cm³/mol. The maximum absolute atomic E-state index is 12.7. The summed E-state index contributed by atoms with van der Waals surface area (Å²) in [6.07, 6.45) is 0. The van der Waals surface area contributed by atoms with Gasteiger partial charge in [-0.3, -0.25) is 14.7 Å². The van der Waals surface area contributed by atoms with Crippen molar-refractivity contribution >= 4 is 59.2 Å². The van der Waals surface area contributed by atoms with Gasteiger partial charge in [0, 0.05) is 14.3 Å². The summed E-state index contributed by atoms with van der Waals surface area (Å²) in [7, 11) is 0. The van der Waals surface area contributed by atoms with Crippen LogP contribution in [0.1, 0.15) is 0 Å². The third kappa shape index (κ3) is 1.85. The van der Waals surface area contributed by atoms with Gasteiger partial charge in [-0.05, 0) is 34.1 Å². The van der Waals surface area contributed by atoms with E-state index in [2.05, 4.69) is 41.9 Å². The predicted octanol–water partition coefficient (Wildman–Crippen LogP) is 3.21. The van der Waals surface area contributed by atoms with Gasteiger partial charge in [0.1, 0.15) is 0 Å². The smallest absolute Gasteiger partial charge is 0.267 e. The second kappa shape index (κ2) is 4.76. The first-order valence-corrected chi connectivity index (χ1v) is 7.97. The lowest BCUT2D eigenvalue weighted by Crippen LogP contribution is -2.24. The van der Waals surface area contributed by atoms with Crippen LogP contribution in [0.25, 0.3) is 27.3 Å². The van der Waals surface area contributed by atoms with Crippen molar-refractivity contribution in [3.8, 4) is 0 Å². The molecule has 5 nitrogen and oxygen atoms in total. The van der Waals surface area contributed by atoms with Gasteiger partial charge in [-0.25, -0.2) is 4.98 Å². The minimum absolute atomic E-state index is 0.315. The molecule has 0 atom stereocenters. The first kappa shape index (κ1) is 13.7. The number of aromatic amines is 1. The summed E-state index contributed by atoms with van der Waals surface area (Å²) in [6.45, 7) is 0. The molecule has 0 amide bonds. The van der Waals surface area contributed by atoms with E-state index < -0.39 is 0 Å². The van der Waals surface area contributed by atoms with E-state index in [0.29, 0.717) is 31.8 Å². The Labute approximate surface area is 139 Å². The fourth-order valence-corrected chi connectivity index (χ4v) is 3.85. The number of nitrogens with one attached hydrogen (secondary N) is 1. The fourth-order valence-electron chi connectivity index (χ4n) is 2.54. The van der Waals surface area contributed by atoms with E-state index in [1.54, 1.807) is 24.3 Å². The Balaban J connectivity index is 2.39. The van der Waals surface area contributed by atoms with Crippen LogP contribution in [0.3, 0.4) is 0 Å². The first-order valence-electron chi connectivity index (χ1n) is 6.39. The minimum atomic E-state index is -0.319. The van der Waals surface area contributed by atoms with Gasteiger partial charge in [0.05, 0.1) is 16.3 Å². The molecule has 2 aromatic carbocycles. The van der Waals surface area contributed by atoms with Gasteiger partial charge in [0.15, 0.2) is 5.65 Å². The summed E-state index contributed by atoms with van der Waals surface area (Å²) in [4.78, 5) is 29.4. The summed E-state index contributed by atoms with van der Waals surface area (Å²) >= 11 is 6.79. The zero-order chi connectivity index (χ0) is 15.4. The van der Waals surface area contributed by atoms with Gasteiger partial charge < -0.3 is 0 Å². The number of rotatable bonds is 0. The Hall–Kier alpha value is -1.99. The topological polar surface area (TPSA) is 67.2 Å². The average molecular weight is 421 g/mol. The van der Waals surface area contributed by atoms with Crippen molar-refractivity contribution < 1.29 is 0 Å². The van der Waals surface area contributed by atoms with Gasteiger partial charge in [-0.1, -0.05) is 34.1 Å². The highest BCUT2D eigenvalue weighted by molar-refractivity contribution is 9.11. The number of H-pyrrole nitrogens is 1. The van der Waals surface area contributed by atoms with Crippen LogP contribution >= 0.6 is 31.9 Å². The summed E-state index contributed by atoms with van der Waals surface area (Å²) < 4.78 is 2.67. The minimum Gasteiger partial charge on any atom is -0.267 e. The van der Waals surface area contributed by atoms with Crippen molar-refractivity contribution in [3.05, 3.63) is 66.1 Å². The number of nitrogens with zero attached hydrogens (tertiary/aromatic N) is 2. The molecule has 0 unspecified atom stereocenters. The second-order valence-electron chi connectivity index (χ2n) is 4.85. The third-order valence-corrected chi connectivity index (χ3v) is 4.58. The zero-order valence-corrected chi connectivity index (χ0v) is 14.1. The van der Waals surface area contributed by atoms with Gasteiger partial charge in [0.25, 0.3) is 11.1 Å². The standard InChI is InChI=1S/C15H7Br2N3O2/c16-7-5-10-12(11(17)6-7)18-13-8-3-1-2-4-9(8)14(21)19-20(13)15(10)22/h1-6H,(H,19,21). The summed E-state index contributed by atoms with van der Waals surface area (Å²) in [6, 6.07) is 10.6. The van der Waals surface area contributed by atoms with Crippen molar-refractivity contribution in [1.29, 1.82) is 0 Å². The van der Waals surface area contributed by atoms with E-state index in [1.807, 2.05) is 12.1 Å². The van der Waals surface area contributed by atoms with E-state index in [-0.39, 0.29) is 11.1 Å². The average Bonchev–Trinajstić information content (AvgIpc) is 2.50. The zero-order valence-electron chi connectivity index (χ0n) is 10.9. The molecule has 0 radical (unpaired) electrons. The molecule has 22 heavy (non-hydrogen) atoms. The highest BCUT2D eigenvalue weighted by atomic mass is 79.9. The van der Waals surface area contributed by atoms with Crippen molar-refractivity contribution in [2.75, 3.05) is 0 Å². The Morgan fingerprint density at radius 3 is 2.50 bits per heavy atom. The van der Waals surface area contributed by atoms with E-state index in [4.69, 9.17) is 0 Å². The molecule has 7 heteroatoms. The maximum Gasteiger partial charge on any atom is 0.280 e. The molecule has 2 aromatic heterocycles. The Bertz CT molecular complexity index is 1190. The van der Waals surface area contributed by atoms with E-state index >= 15 is 0 Å². The van der Waals surface area contributed by atoms with Crippen molar-refractivity contribution in [1.82, 2.24) is 14.6 Å². The second-order valence-corrected chi connectivity index (χ2v) is 6.62. The first-order chi connectivity index (χ1) is 10.6. The number of benzene rings is 2. The van der Waals surface area contributed by atoms with Crippen LogP contribution in [0.4, 0.5) is 0 Å². The number of aromatic nitrogens is 3. The number of hydrogen-bond donors (Lipinski definition) is 1. The summed E-state index contributed by atoms with van der Waals surface area (Å²) in [5.74, 6) is 0. The normalized spacial score (nSPS) is 11.5. The lowest BCUT2D eigenvalue weighted by atomic mass is 10.2. The van der Waals surface area contributed by atoms with E-state index in [1.165, 1.54) is 4.52 Å². The fraction of sp³-hybridized carbons (Fsp3) is 0. The van der Waals surface area contributed by atoms with Crippen LogP contribution < -0.4 is 11.1 Å². The lowest BCUT2D eigenvalue weighted by molar-refractivity contribution is 0.869. The molecule has 0 saturated carbocycles. The van der Waals surface area contributed by atoms with Crippen LogP contribution in [0.5, 0.6) is 0 Å². The highest BCUT2D eigenvalue weighted by Gasteiger charge is 2.13. The van der Waals surface area contributed by atoms with Crippen LogP contribution in [0.2, 0.25) is 0 Å². The summed E-state index contributed by atoms with van der Waals surface area (Å²) in [5, 5.41) is 4.15. The van der Waals surface area contributed by atoms with Crippen LogP contribution in [-0.4, -0.2) is 14.6 Å². The highest BCUT2D eigenvalue weighted by Crippen LogP contribution is 2.26. The molecule has 0 spiro atoms. The molecule has 0 saturated heterocycles. The van der Waals surface area contributed by atoms with Crippen LogP contribution in [0.15, 0.2) is 54.9 Å². The van der Waals surface area contributed by atoms with Gasteiger partial charge >= 0.3 is 0 Å². The van der Waals surface area contributed by atoms with Gasteiger partial charge in [-0.2, -0.15) is 4.52 Å². The van der Waals surface area contributed by atoms with Gasteiger partial charge in [-0.15, -0.1) is 0 Å². The van der Waals surface area contributed by atoms with E-state index in [0.717, 1.165) is 4.47 Å². The van der Waals surface area contributed by atoms with Crippen molar-refractivity contribution in [3.63, 3.8) is 0 Å². The monoisotopic (exact) mass is 419 g/mol. The molecular weight excluding hydrogens is 414 g/mol. The number of hydrogen-bond acceptors (Lipinski definition) is 3. The number of fused-ring (bicyclic) bond motifs is 4. The van der Waals surface area contributed by atoms with Gasteiger partial charge in [0.2, 0.25) is 0 Å². The SMILES string of the molecule is O=c1[nH]n2c(=O)c3cc(Br)cc(Br)c3nc2c2ccccc12. The molecule has 0 bridgehead atoms. The van der Waals surface area contributed by atoms with Crippen LogP contribution in [-0.2, 0) is 0 Å². The lowest BCUT2D eigenvalue weighted by Gasteiger charge is -2.07. The maximum atomic E-state index is 12.7. The molecule has 108 valence electrons. The van der Waals surface area contributed by atoms with Crippen LogP contribution in [0, 0.1) is 0 Å². The Morgan fingerprint density at radius 2 is 1.73 bits per heavy atom. The Morgan fingerprint density at radius 1 is 1.00 bits per heavy atom. The molecule has 0 aliphatic heterocycles. The Kier molecular flexibility index (Phi) is 2.95. The van der Waals surface area contributed by atoms with Crippen molar-refractivity contribution in [2.45, 2.75) is 0 Å². The van der Waals surface area contributed by atoms with Crippen molar-refractivity contribution in [2.24, 2.45) is 0 Å². The molecule has 1 N–H and O–H groups in total. The molecule has 4 aromatic rings. The molecule has 0 fully saturated rings. The van der Waals surface area contributed by atoms with E-state index in [9.17, 15) is 9.59 Å². The molecule has 0 aliphatic carbocycles. The summed E-state index contributed by atoms with van der Waals surface area (Å²) in [5.41, 5.74) is 0.353. The molecular formula is C15H7Br2N3O2.